The number of benzene rings is 1. The zero-order chi connectivity index (χ0) is 20.0. The van der Waals surface area contributed by atoms with E-state index in [2.05, 4.69) is 15.4 Å². The molecule has 0 unspecified atom stereocenters. The molecule has 7 nitrogen and oxygen atoms in total. The lowest BCUT2D eigenvalue weighted by atomic mass is 9.93. The molecule has 0 spiro atoms. The highest BCUT2D eigenvalue weighted by Gasteiger charge is 2.34. The van der Waals surface area contributed by atoms with Gasteiger partial charge in [-0.05, 0) is 43.9 Å². The number of halogens is 3. The number of nitriles is 1. The molecule has 10 heteroatoms. The Morgan fingerprint density at radius 1 is 1.33 bits per heavy atom. The second-order valence-electron chi connectivity index (χ2n) is 6.04. The van der Waals surface area contributed by atoms with Crippen LogP contribution >= 0.6 is 0 Å². The molecule has 1 fully saturated rings. The van der Waals surface area contributed by atoms with Crippen molar-refractivity contribution in [3.63, 3.8) is 0 Å². The van der Waals surface area contributed by atoms with Gasteiger partial charge in [0.05, 0.1) is 23.3 Å². The summed E-state index contributed by atoms with van der Waals surface area (Å²) in [5, 5.41) is 14.6. The average molecular weight is 381 g/mol. The second kappa shape index (κ2) is 8.62. The van der Waals surface area contributed by atoms with E-state index in [-0.39, 0.29) is 23.7 Å². The Kier molecular flexibility index (Phi) is 6.50. The van der Waals surface area contributed by atoms with Gasteiger partial charge in [-0.15, -0.1) is 5.11 Å². The largest absolute Gasteiger partial charge is 0.490 e. The van der Waals surface area contributed by atoms with E-state index in [9.17, 15) is 18.0 Å². The highest BCUT2D eigenvalue weighted by Crippen LogP contribution is 2.35. The van der Waals surface area contributed by atoms with Gasteiger partial charge in [0.2, 0.25) is 5.84 Å². The third-order valence-electron chi connectivity index (χ3n) is 4.25. The Morgan fingerprint density at radius 2 is 2.00 bits per heavy atom. The third kappa shape index (κ3) is 5.26. The van der Waals surface area contributed by atoms with Gasteiger partial charge in [0.25, 0.3) is 5.91 Å². The van der Waals surface area contributed by atoms with Crippen molar-refractivity contribution in [3.8, 4) is 11.8 Å². The molecule has 1 aliphatic rings. The predicted molar refractivity (Wildman–Crippen MR) is 89.5 cm³/mol. The summed E-state index contributed by atoms with van der Waals surface area (Å²) in [7, 11) is 1.37. The fourth-order valence-corrected chi connectivity index (χ4v) is 2.90. The Labute approximate surface area is 153 Å². The maximum Gasteiger partial charge on any atom is 0.417 e. The minimum Gasteiger partial charge on any atom is -0.490 e. The van der Waals surface area contributed by atoms with Crippen LogP contribution in [-0.4, -0.2) is 30.9 Å². The number of hydrogen-bond acceptors (Lipinski definition) is 5. The first-order chi connectivity index (χ1) is 12.8. The molecular weight excluding hydrogens is 363 g/mol. The van der Waals surface area contributed by atoms with Gasteiger partial charge >= 0.3 is 6.18 Å². The van der Waals surface area contributed by atoms with E-state index < -0.39 is 23.2 Å². The lowest BCUT2D eigenvalue weighted by Crippen LogP contribution is -2.42. The van der Waals surface area contributed by atoms with Crippen molar-refractivity contribution in [3.05, 3.63) is 29.3 Å². The van der Waals surface area contributed by atoms with Crippen LogP contribution in [-0.2, 0) is 11.0 Å². The highest BCUT2D eigenvalue weighted by atomic mass is 19.4. The van der Waals surface area contributed by atoms with Gasteiger partial charge in [-0.25, -0.2) is 5.53 Å². The maximum absolute atomic E-state index is 13.0. The first-order valence-corrected chi connectivity index (χ1v) is 8.21. The van der Waals surface area contributed by atoms with E-state index >= 15 is 0 Å². The quantitative estimate of drug-likeness (QED) is 0.475. The summed E-state index contributed by atoms with van der Waals surface area (Å²) in [5.41, 5.74) is 5.40. The molecule has 0 heterocycles. The minimum absolute atomic E-state index is 0.0576. The summed E-state index contributed by atoms with van der Waals surface area (Å²) >= 11 is 0. The topological polar surface area (TPSA) is 111 Å². The SMILES string of the molecule is CN=C(N=N)C(=O)NC1CCC(Oc2ccc(C#N)c(C(F)(F)F)c2)CC1. The second-order valence-corrected chi connectivity index (χ2v) is 6.04. The molecule has 0 radical (unpaired) electrons. The third-order valence-corrected chi connectivity index (χ3v) is 4.25. The van der Waals surface area contributed by atoms with Crippen LogP contribution in [0.15, 0.2) is 28.3 Å². The van der Waals surface area contributed by atoms with Crippen molar-refractivity contribution >= 4 is 11.7 Å². The number of carbonyl (C=O) groups excluding carboxylic acids is 1. The average Bonchev–Trinajstić information content (AvgIpc) is 2.63. The normalized spacial score (nSPS) is 20.5. The zero-order valence-corrected chi connectivity index (χ0v) is 14.5. The lowest BCUT2D eigenvalue weighted by molar-refractivity contribution is -0.137. The Bertz CT molecular complexity index is 778. The molecule has 1 aromatic rings. The van der Waals surface area contributed by atoms with E-state index in [1.807, 2.05) is 0 Å². The fraction of sp³-hybridized carbons (Fsp3) is 0.471. The van der Waals surface area contributed by atoms with Crippen LogP contribution in [0.2, 0.25) is 0 Å². The van der Waals surface area contributed by atoms with Crippen molar-refractivity contribution in [2.75, 3.05) is 7.05 Å². The van der Waals surface area contributed by atoms with Gasteiger partial charge in [-0.2, -0.15) is 18.4 Å². The molecule has 0 aliphatic heterocycles. The number of nitrogens with one attached hydrogen (secondary N) is 2. The van der Waals surface area contributed by atoms with Crippen LogP contribution in [0.3, 0.4) is 0 Å². The summed E-state index contributed by atoms with van der Waals surface area (Å²) in [6, 6.07) is 4.68. The van der Waals surface area contributed by atoms with Crippen LogP contribution in [0, 0.1) is 16.9 Å². The van der Waals surface area contributed by atoms with Gasteiger partial charge in [-0.3, -0.25) is 9.79 Å². The van der Waals surface area contributed by atoms with Gasteiger partial charge in [0.1, 0.15) is 5.75 Å². The number of rotatable bonds is 3. The van der Waals surface area contributed by atoms with E-state index in [4.69, 9.17) is 15.5 Å². The number of hydrogen-bond donors (Lipinski definition) is 2. The van der Waals surface area contributed by atoms with Crippen molar-refractivity contribution < 1.29 is 22.7 Å². The molecule has 1 aromatic carbocycles. The molecule has 1 saturated carbocycles. The molecular formula is C17H18F3N5O2. The van der Waals surface area contributed by atoms with Crippen molar-refractivity contribution in [1.29, 1.82) is 10.8 Å². The Balaban J connectivity index is 1.95. The van der Waals surface area contributed by atoms with E-state index in [0.29, 0.717) is 25.7 Å². The van der Waals surface area contributed by atoms with Gasteiger partial charge in [-0.1, -0.05) is 0 Å². The van der Waals surface area contributed by atoms with Crippen molar-refractivity contribution in [2.24, 2.45) is 10.1 Å². The first kappa shape index (κ1) is 20.4. The maximum atomic E-state index is 13.0. The molecule has 0 atom stereocenters. The fourth-order valence-electron chi connectivity index (χ4n) is 2.90. The summed E-state index contributed by atoms with van der Waals surface area (Å²) < 4.78 is 44.7. The van der Waals surface area contributed by atoms with E-state index in [1.165, 1.54) is 19.2 Å². The standard InChI is InChI=1S/C17H18F3N5O2/c1-23-15(25-22)16(26)24-11-3-6-12(7-4-11)27-13-5-2-10(9-21)14(8-13)17(18,19)20/h2,5,8,11-12,22H,3-4,6-7H2,1H3,(H,24,26). The van der Waals surface area contributed by atoms with Crippen LogP contribution in [0.1, 0.15) is 36.8 Å². The Hall–Kier alpha value is -2.96. The molecule has 2 rings (SSSR count). The number of alkyl halides is 3. The van der Waals surface area contributed by atoms with Gasteiger partial charge < -0.3 is 10.1 Å². The zero-order valence-electron chi connectivity index (χ0n) is 14.5. The molecule has 144 valence electrons. The van der Waals surface area contributed by atoms with E-state index in [0.717, 1.165) is 12.1 Å². The van der Waals surface area contributed by atoms with Crippen LogP contribution in [0.25, 0.3) is 0 Å². The van der Waals surface area contributed by atoms with Crippen molar-refractivity contribution in [2.45, 2.75) is 44.0 Å². The number of amides is 1. The summed E-state index contributed by atoms with van der Waals surface area (Å²) in [6.45, 7) is 0. The lowest BCUT2D eigenvalue weighted by Gasteiger charge is -2.29. The summed E-state index contributed by atoms with van der Waals surface area (Å²) in [6.07, 6.45) is -2.67. The first-order valence-electron chi connectivity index (χ1n) is 8.21. The monoisotopic (exact) mass is 381 g/mol. The molecule has 0 saturated heterocycles. The number of carbonyl (C=O) groups is 1. The molecule has 1 aliphatic carbocycles. The van der Waals surface area contributed by atoms with Crippen LogP contribution in [0.5, 0.6) is 5.75 Å². The van der Waals surface area contributed by atoms with Crippen LogP contribution in [0.4, 0.5) is 13.2 Å². The van der Waals surface area contributed by atoms with Gasteiger partial charge in [0.15, 0.2) is 0 Å². The Morgan fingerprint density at radius 3 is 2.52 bits per heavy atom. The summed E-state index contributed by atoms with van der Waals surface area (Å²) in [4.78, 5) is 15.4. The number of amidine groups is 1. The molecule has 0 bridgehead atoms. The van der Waals surface area contributed by atoms with Gasteiger partial charge in [0, 0.05) is 13.1 Å². The predicted octanol–water partition coefficient (Wildman–Crippen LogP) is 3.44. The van der Waals surface area contributed by atoms with E-state index in [1.54, 1.807) is 0 Å². The molecule has 0 aromatic heterocycles. The smallest absolute Gasteiger partial charge is 0.417 e. The van der Waals surface area contributed by atoms with Crippen LogP contribution < -0.4 is 10.1 Å². The molecule has 1 amide bonds. The number of aliphatic imine (C=N–C) groups is 1. The van der Waals surface area contributed by atoms with Crippen molar-refractivity contribution in [1.82, 2.24) is 5.32 Å². The molecule has 2 N–H and O–H groups in total. The summed E-state index contributed by atoms with van der Waals surface area (Å²) in [5.74, 6) is -0.688. The molecule has 27 heavy (non-hydrogen) atoms. The number of ether oxygens (including phenoxy) is 1. The minimum atomic E-state index is -4.63. The highest BCUT2D eigenvalue weighted by molar-refractivity contribution is 6.38. The number of nitrogens with zero attached hydrogens (tertiary/aromatic N) is 3.